The molecule has 0 spiro atoms. The molecular formula is C12H13NO. The minimum absolute atomic E-state index is 0.0209. The average molecular weight is 187 g/mol. The lowest BCUT2D eigenvalue weighted by Crippen LogP contribution is -2.08. The Morgan fingerprint density at radius 2 is 1.93 bits per heavy atom. The molecule has 0 amide bonds. The Kier molecular flexibility index (Phi) is 2.12. The first-order valence-electron chi connectivity index (χ1n) is 4.80. The van der Waals surface area contributed by atoms with Gasteiger partial charge in [0, 0.05) is 17.1 Å². The highest BCUT2D eigenvalue weighted by molar-refractivity contribution is 5.84. The lowest BCUT2D eigenvalue weighted by atomic mass is 10.0. The van der Waals surface area contributed by atoms with E-state index < -0.39 is 0 Å². The maximum absolute atomic E-state index is 11.4. The molecule has 1 aromatic carbocycles. The summed E-state index contributed by atoms with van der Waals surface area (Å²) in [7, 11) is 0. The van der Waals surface area contributed by atoms with Crippen molar-refractivity contribution in [1.82, 2.24) is 4.98 Å². The van der Waals surface area contributed by atoms with Gasteiger partial charge in [0.25, 0.3) is 0 Å². The van der Waals surface area contributed by atoms with Crippen LogP contribution in [0.4, 0.5) is 0 Å². The van der Waals surface area contributed by atoms with Gasteiger partial charge in [-0.3, -0.25) is 4.79 Å². The van der Waals surface area contributed by atoms with Crippen molar-refractivity contribution in [3.8, 4) is 0 Å². The molecule has 0 aliphatic heterocycles. The Balaban J connectivity index is 2.87. The summed E-state index contributed by atoms with van der Waals surface area (Å²) in [5.74, 6) is 0.341. The normalized spacial score (nSPS) is 11.1. The fourth-order valence-corrected chi connectivity index (χ4v) is 1.70. The number of benzene rings is 1. The third-order valence-corrected chi connectivity index (χ3v) is 2.37. The predicted octanol–water partition coefficient (Wildman–Crippen LogP) is 2.65. The number of pyridine rings is 1. The highest BCUT2D eigenvalue weighted by atomic mass is 16.1. The van der Waals surface area contributed by atoms with Gasteiger partial charge in [-0.15, -0.1) is 0 Å². The average Bonchev–Trinajstić information content (AvgIpc) is 2.16. The Morgan fingerprint density at radius 1 is 1.21 bits per heavy atom. The molecule has 0 saturated heterocycles. The minimum Gasteiger partial charge on any atom is -0.325 e. The maximum Gasteiger partial charge on any atom is 0.248 e. The zero-order valence-corrected chi connectivity index (χ0v) is 8.37. The van der Waals surface area contributed by atoms with Gasteiger partial charge in [-0.1, -0.05) is 38.1 Å². The van der Waals surface area contributed by atoms with Crippen LogP contribution in [0.1, 0.15) is 25.5 Å². The van der Waals surface area contributed by atoms with Crippen molar-refractivity contribution in [2.45, 2.75) is 19.8 Å². The molecule has 72 valence electrons. The van der Waals surface area contributed by atoms with E-state index in [4.69, 9.17) is 0 Å². The lowest BCUT2D eigenvalue weighted by Gasteiger charge is -2.08. The molecule has 2 heteroatoms. The van der Waals surface area contributed by atoms with E-state index in [1.165, 1.54) is 0 Å². The van der Waals surface area contributed by atoms with Gasteiger partial charge in [-0.2, -0.15) is 0 Å². The number of aromatic nitrogens is 1. The molecule has 2 aromatic rings. The van der Waals surface area contributed by atoms with Crippen molar-refractivity contribution in [2.24, 2.45) is 0 Å². The van der Waals surface area contributed by atoms with Gasteiger partial charge in [0.15, 0.2) is 0 Å². The van der Waals surface area contributed by atoms with Gasteiger partial charge in [0.2, 0.25) is 5.56 Å². The third kappa shape index (κ3) is 1.43. The van der Waals surface area contributed by atoms with Crippen LogP contribution in [0.25, 0.3) is 10.8 Å². The molecule has 0 aliphatic carbocycles. The maximum atomic E-state index is 11.4. The summed E-state index contributed by atoms with van der Waals surface area (Å²) < 4.78 is 0. The largest absolute Gasteiger partial charge is 0.325 e. The molecule has 0 bridgehead atoms. The number of H-pyrrole nitrogens is 1. The molecule has 14 heavy (non-hydrogen) atoms. The summed E-state index contributed by atoms with van der Waals surface area (Å²) >= 11 is 0. The van der Waals surface area contributed by atoms with E-state index in [1.54, 1.807) is 6.07 Å². The predicted molar refractivity (Wildman–Crippen MR) is 58.7 cm³/mol. The van der Waals surface area contributed by atoms with Gasteiger partial charge in [-0.25, -0.2) is 0 Å². The van der Waals surface area contributed by atoms with Crippen LogP contribution in [0.15, 0.2) is 35.1 Å². The Labute approximate surface area is 82.6 Å². The fourth-order valence-electron chi connectivity index (χ4n) is 1.70. The van der Waals surface area contributed by atoms with Crippen molar-refractivity contribution in [1.29, 1.82) is 0 Å². The summed E-state index contributed by atoms with van der Waals surface area (Å²) in [6.45, 7) is 4.16. The summed E-state index contributed by atoms with van der Waals surface area (Å²) in [5, 5.41) is 2.15. The van der Waals surface area contributed by atoms with E-state index in [0.717, 1.165) is 16.5 Å². The summed E-state index contributed by atoms with van der Waals surface area (Å²) in [6, 6.07) is 9.59. The zero-order chi connectivity index (χ0) is 10.1. The second-order valence-electron chi connectivity index (χ2n) is 3.79. The van der Waals surface area contributed by atoms with E-state index in [2.05, 4.69) is 18.8 Å². The highest BCUT2D eigenvalue weighted by Gasteiger charge is 2.05. The molecule has 0 radical (unpaired) electrons. The molecule has 2 rings (SSSR count). The van der Waals surface area contributed by atoms with Crippen LogP contribution in [0.2, 0.25) is 0 Å². The Hall–Kier alpha value is -1.57. The molecule has 0 atom stereocenters. The van der Waals surface area contributed by atoms with Crippen LogP contribution in [-0.4, -0.2) is 4.98 Å². The van der Waals surface area contributed by atoms with Crippen LogP contribution in [-0.2, 0) is 0 Å². The third-order valence-electron chi connectivity index (χ3n) is 2.37. The van der Waals surface area contributed by atoms with E-state index >= 15 is 0 Å². The second-order valence-corrected chi connectivity index (χ2v) is 3.79. The number of aromatic amines is 1. The van der Waals surface area contributed by atoms with Crippen molar-refractivity contribution in [3.05, 3.63) is 46.4 Å². The number of hydrogen-bond donors (Lipinski definition) is 1. The molecule has 1 heterocycles. The van der Waals surface area contributed by atoms with Gasteiger partial charge >= 0.3 is 0 Å². The number of rotatable bonds is 1. The number of nitrogens with one attached hydrogen (secondary N) is 1. The zero-order valence-electron chi connectivity index (χ0n) is 8.37. The first kappa shape index (κ1) is 9.00. The van der Waals surface area contributed by atoms with Gasteiger partial charge in [-0.05, 0) is 11.3 Å². The van der Waals surface area contributed by atoms with E-state index in [0.29, 0.717) is 5.92 Å². The highest BCUT2D eigenvalue weighted by Crippen LogP contribution is 2.20. The summed E-state index contributed by atoms with van der Waals surface area (Å²) in [4.78, 5) is 14.2. The molecule has 1 aromatic heterocycles. The molecule has 1 N–H and O–H groups in total. The first-order valence-corrected chi connectivity index (χ1v) is 4.80. The van der Waals surface area contributed by atoms with Crippen molar-refractivity contribution in [2.75, 3.05) is 0 Å². The van der Waals surface area contributed by atoms with E-state index in [-0.39, 0.29) is 5.56 Å². The van der Waals surface area contributed by atoms with Gasteiger partial charge in [0.1, 0.15) is 0 Å². The number of fused-ring (bicyclic) bond motifs is 1. The molecular weight excluding hydrogens is 174 g/mol. The van der Waals surface area contributed by atoms with Gasteiger partial charge < -0.3 is 4.98 Å². The molecule has 0 saturated carbocycles. The van der Waals surface area contributed by atoms with Crippen molar-refractivity contribution >= 4 is 10.8 Å². The Bertz CT molecular complexity index is 511. The second kappa shape index (κ2) is 3.29. The summed E-state index contributed by atoms with van der Waals surface area (Å²) in [5.41, 5.74) is 1.00. The van der Waals surface area contributed by atoms with Crippen LogP contribution in [0.3, 0.4) is 0 Å². The van der Waals surface area contributed by atoms with Crippen LogP contribution in [0.5, 0.6) is 0 Å². The topological polar surface area (TPSA) is 32.9 Å². The lowest BCUT2D eigenvalue weighted by molar-refractivity contribution is 0.828. The first-order chi connectivity index (χ1) is 6.68. The Morgan fingerprint density at radius 3 is 2.64 bits per heavy atom. The monoisotopic (exact) mass is 187 g/mol. The van der Waals surface area contributed by atoms with Crippen molar-refractivity contribution in [3.63, 3.8) is 0 Å². The van der Waals surface area contributed by atoms with E-state index in [1.807, 2.05) is 24.3 Å². The fraction of sp³-hybridized carbons (Fsp3) is 0.250. The van der Waals surface area contributed by atoms with Crippen LogP contribution < -0.4 is 5.56 Å². The standard InChI is InChI=1S/C12H13NO/c1-8(2)12-10-6-4-3-5-9(10)7-11(14)13-12/h3-8H,1-2H3,(H,13,14). The van der Waals surface area contributed by atoms with Crippen molar-refractivity contribution < 1.29 is 0 Å². The summed E-state index contributed by atoms with van der Waals surface area (Å²) in [6.07, 6.45) is 0. The molecule has 0 fully saturated rings. The smallest absolute Gasteiger partial charge is 0.248 e. The van der Waals surface area contributed by atoms with Gasteiger partial charge in [0.05, 0.1) is 0 Å². The van der Waals surface area contributed by atoms with Crippen LogP contribution in [0, 0.1) is 0 Å². The SMILES string of the molecule is CC(C)c1[nH]c(=O)cc2ccccc12. The molecule has 0 unspecified atom stereocenters. The quantitative estimate of drug-likeness (QED) is 0.731. The number of hydrogen-bond acceptors (Lipinski definition) is 1. The van der Waals surface area contributed by atoms with Crippen LogP contribution >= 0.6 is 0 Å². The molecule has 2 nitrogen and oxygen atoms in total. The molecule has 0 aliphatic rings. The van der Waals surface area contributed by atoms with E-state index in [9.17, 15) is 4.79 Å². The minimum atomic E-state index is -0.0209.